The molecule has 0 bridgehead atoms. The molecule has 0 radical (unpaired) electrons. The zero-order valence-corrected chi connectivity index (χ0v) is 36.2. The lowest BCUT2D eigenvalue weighted by molar-refractivity contribution is -0.312. The number of nitriles is 1. The number of rotatable bonds is 21. The van der Waals surface area contributed by atoms with Crippen LogP contribution >= 0.6 is 0 Å². The van der Waals surface area contributed by atoms with Crippen molar-refractivity contribution in [3.8, 4) is 6.07 Å². The van der Waals surface area contributed by atoms with Gasteiger partial charge >= 0.3 is 0 Å². The van der Waals surface area contributed by atoms with Crippen LogP contribution in [0.15, 0.2) is 60.7 Å². The van der Waals surface area contributed by atoms with E-state index in [9.17, 15) is 5.26 Å². The quantitative estimate of drug-likeness (QED) is 0.0731. The van der Waals surface area contributed by atoms with Gasteiger partial charge in [0, 0.05) is 48.7 Å². The number of nitrogens with zero attached hydrogens (tertiary/aromatic N) is 4. The minimum Gasteiger partial charge on any atom is -0.378 e. The molecule has 10 heteroatoms. The highest BCUT2D eigenvalue weighted by Gasteiger charge is 2.45. The zero-order valence-electron chi connectivity index (χ0n) is 36.2. The predicted octanol–water partition coefficient (Wildman–Crippen LogP) is 10.0. The summed E-state index contributed by atoms with van der Waals surface area (Å²) < 4.78 is 12.5. The molecule has 0 spiro atoms. The van der Waals surface area contributed by atoms with Crippen LogP contribution in [0.3, 0.4) is 0 Å². The van der Waals surface area contributed by atoms with Crippen molar-refractivity contribution in [2.45, 2.75) is 179 Å². The SMILES string of the molecule is [C-]#[N+]C(C)(CCCOCC(ON1C(C)(C)CCCC1(C)C)c1ccccc1)NNC(C)(C#N)CCCOCC(ON1C(C)(C)CCCC1(C)C)c1ccccc1. The third-order valence-electron chi connectivity index (χ3n) is 11.7. The minimum atomic E-state index is -0.911. The van der Waals surface area contributed by atoms with Crippen LogP contribution < -0.4 is 10.9 Å². The van der Waals surface area contributed by atoms with Crippen LogP contribution in [0.4, 0.5) is 0 Å². The Morgan fingerprint density at radius 2 is 1.07 bits per heavy atom. The molecule has 2 aromatic rings. The molecule has 0 amide bonds. The van der Waals surface area contributed by atoms with Gasteiger partial charge in [-0.05, 0) is 131 Å². The fourth-order valence-corrected chi connectivity index (χ4v) is 8.48. The van der Waals surface area contributed by atoms with Gasteiger partial charge in [-0.3, -0.25) is 14.5 Å². The Kier molecular flexibility index (Phi) is 16.1. The summed E-state index contributed by atoms with van der Waals surface area (Å²) in [6.45, 7) is 31.5. The summed E-state index contributed by atoms with van der Waals surface area (Å²) in [5.74, 6) is 0. The fourth-order valence-electron chi connectivity index (χ4n) is 8.48. The number of piperidine rings is 2. The first kappa shape index (κ1) is 45.8. The normalized spacial score (nSPS) is 22.5. The first-order valence-electron chi connectivity index (χ1n) is 20.9. The van der Waals surface area contributed by atoms with Crippen molar-refractivity contribution >= 4 is 0 Å². The molecule has 2 aromatic carbocycles. The lowest BCUT2D eigenvalue weighted by Crippen LogP contribution is -2.58. The summed E-state index contributed by atoms with van der Waals surface area (Å²) in [6.07, 6.45) is 8.60. The van der Waals surface area contributed by atoms with Gasteiger partial charge in [0.15, 0.2) is 0 Å². The van der Waals surface area contributed by atoms with Crippen molar-refractivity contribution < 1.29 is 19.1 Å². The second-order valence-corrected chi connectivity index (χ2v) is 19.0. The molecular formula is C46H72N6O4. The summed E-state index contributed by atoms with van der Waals surface area (Å²) in [7, 11) is 0. The molecule has 2 heterocycles. The number of hydrogen-bond donors (Lipinski definition) is 2. The molecule has 0 aliphatic carbocycles. The maximum absolute atomic E-state index is 10.2. The van der Waals surface area contributed by atoms with Gasteiger partial charge in [0.2, 0.25) is 0 Å². The molecule has 4 unspecified atom stereocenters. The number of nitrogens with one attached hydrogen (secondary N) is 2. The van der Waals surface area contributed by atoms with Crippen LogP contribution in [-0.4, -0.2) is 69.9 Å². The van der Waals surface area contributed by atoms with Gasteiger partial charge in [-0.15, -0.1) is 0 Å². The summed E-state index contributed by atoms with van der Waals surface area (Å²) in [4.78, 5) is 17.5. The van der Waals surface area contributed by atoms with E-state index in [0.717, 1.165) is 36.8 Å². The van der Waals surface area contributed by atoms with E-state index in [1.807, 2.05) is 50.2 Å². The Labute approximate surface area is 339 Å². The highest BCUT2D eigenvalue weighted by Crippen LogP contribution is 2.42. The number of hydroxylamine groups is 4. The number of hydrazine groups is 1. The largest absolute Gasteiger partial charge is 0.378 e. The van der Waals surface area contributed by atoms with Crippen LogP contribution in [-0.2, 0) is 19.1 Å². The molecule has 56 heavy (non-hydrogen) atoms. The Morgan fingerprint density at radius 1 is 0.679 bits per heavy atom. The van der Waals surface area contributed by atoms with Gasteiger partial charge in [0.25, 0.3) is 5.66 Å². The Balaban J connectivity index is 1.24. The zero-order chi connectivity index (χ0) is 41.1. The van der Waals surface area contributed by atoms with E-state index in [-0.39, 0.29) is 34.4 Å². The minimum absolute atomic E-state index is 0.0851. The lowest BCUT2D eigenvalue weighted by atomic mass is 9.82. The van der Waals surface area contributed by atoms with Crippen molar-refractivity contribution in [3.63, 3.8) is 0 Å². The standard InChI is InChI=1S/C46H72N6O4/c1-41(2)26-18-27-42(3,4)51(41)55-39(37-22-14-12-15-23-37)34-53-32-20-30-45(9,36-47)49-50-46(10,48-11)31-21-33-54-35-40(38-24-16-13-17-25-38)56-52-43(5,6)28-19-29-44(52,7)8/h12-17,22-25,39-40,49-50H,18-21,26-35H2,1-10H3. The van der Waals surface area contributed by atoms with Gasteiger partial charge in [-0.2, -0.15) is 20.8 Å². The monoisotopic (exact) mass is 773 g/mol. The van der Waals surface area contributed by atoms with Crippen molar-refractivity contribution in [2.24, 2.45) is 0 Å². The van der Waals surface area contributed by atoms with E-state index < -0.39 is 11.2 Å². The molecule has 0 aromatic heterocycles. The van der Waals surface area contributed by atoms with Crippen LogP contribution in [0.5, 0.6) is 0 Å². The first-order chi connectivity index (χ1) is 26.4. The summed E-state index contributed by atoms with van der Waals surface area (Å²) in [6, 6.07) is 23.0. The van der Waals surface area contributed by atoms with Crippen molar-refractivity contribution in [3.05, 3.63) is 83.2 Å². The van der Waals surface area contributed by atoms with Gasteiger partial charge < -0.3 is 9.47 Å². The molecular weight excluding hydrogens is 701 g/mol. The molecule has 2 N–H and O–H groups in total. The van der Waals surface area contributed by atoms with Gasteiger partial charge in [-0.25, -0.2) is 12.0 Å². The van der Waals surface area contributed by atoms with E-state index in [1.54, 1.807) is 0 Å². The highest BCUT2D eigenvalue weighted by molar-refractivity contribution is 5.19. The highest BCUT2D eigenvalue weighted by atomic mass is 16.7. The Bertz CT molecular complexity index is 1420. The molecule has 2 saturated heterocycles. The van der Waals surface area contributed by atoms with Crippen LogP contribution in [0.1, 0.15) is 157 Å². The van der Waals surface area contributed by atoms with Crippen molar-refractivity contribution in [2.75, 3.05) is 26.4 Å². The second-order valence-electron chi connectivity index (χ2n) is 19.0. The summed E-state index contributed by atoms with van der Waals surface area (Å²) >= 11 is 0. The summed E-state index contributed by atoms with van der Waals surface area (Å²) in [5, 5.41) is 14.6. The predicted molar refractivity (Wildman–Crippen MR) is 224 cm³/mol. The third kappa shape index (κ3) is 12.8. The summed E-state index contributed by atoms with van der Waals surface area (Å²) in [5.41, 5.74) is 6.41. The molecule has 10 nitrogen and oxygen atoms in total. The van der Waals surface area contributed by atoms with Crippen molar-refractivity contribution in [1.29, 1.82) is 5.26 Å². The smallest absolute Gasteiger partial charge is 0.295 e. The molecule has 310 valence electrons. The van der Waals surface area contributed by atoms with Crippen LogP contribution in [0.25, 0.3) is 4.85 Å². The lowest BCUT2D eigenvalue weighted by Gasteiger charge is -2.52. The topological polar surface area (TPSA) is 95.6 Å². The first-order valence-corrected chi connectivity index (χ1v) is 20.9. The van der Waals surface area contributed by atoms with Gasteiger partial charge in [-0.1, -0.05) is 60.7 Å². The Morgan fingerprint density at radius 3 is 1.45 bits per heavy atom. The molecule has 4 atom stereocenters. The maximum Gasteiger partial charge on any atom is 0.295 e. The second kappa shape index (κ2) is 19.7. The molecule has 0 saturated carbocycles. The van der Waals surface area contributed by atoms with Crippen molar-refractivity contribution in [1.82, 2.24) is 21.0 Å². The van der Waals surface area contributed by atoms with E-state index in [1.165, 1.54) is 12.8 Å². The molecule has 4 rings (SSSR count). The number of hydrogen-bond acceptors (Lipinski definition) is 9. The van der Waals surface area contributed by atoms with Crippen LogP contribution in [0.2, 0.25) is 0 Å². The van der Waals surface area contributed by atoms with E-state index >= 15 is 0 Å². The maximum atomic E-state index is 10.2. The molecule has 2 aliphatic heterocycles. The van der Waals surface area contributed by atoms with Gasteiger partial charge in [0.05, 0.1) is 19.3 Å². The van der Waals surface area contributed by atoms with E-state index in [4.69, 9.17) is 25.7 Å². The van der Waals surface area contributed by atoms with Crippen LogP contribution in [0, 0.1) is 17.9 Å². The van der Waals surface area contributed by atoms with E-state index in [2.05, 4.69) is 112 Å². The number of benzene rings is 2. The average molecular weight is 773 g/mol. The molecule has 2 fully saturated rings. The number of ether oxygens (including phenoxy) is 2. The Hall–Kier alpha value is -2.90. The average Bonchev–Trinajstić information content (AvgIpc) is 3.15. The molecule has 2 aliphatic rings. The third-order valence-corrected chi connectivity index (χ3v) is 11.7. The van der Waals surface area contributed by atoms with E-state index in [0.29, 0.717) is 52.1 Å². The van der Waals surface area contributed by atoms with Gasteiger partial charge in [0.1, 0.15) is 17.7 Å². The fraction of sp³-hybridized carbons (Fsp3) is 0.696.